The molecule has 0 aromatic heterocycles. The zero-order valence-electron chi connectivity index (χ0n) is 10.5. The van der Waals surface area contributed by atoms with E-state index in [4.69, 9.17) is 5.11 Å². The summed E-state index contributed by atoms with van der Waals surface area (Å²) in [7, 11) is 0. The van der Waals surface area contributed by atoms with Gasteiger partial charge in [0.25, 0.3) is 0 Å². The molecule has 1 N–H and O–H groups in total. The van der Waals surface area contributed by atoms with Gasteiger partial charge < -0.3 is 5.11 Å². The van der Waals surface area contributed by atoms with Crippen LogP contribution in [0.2, 0.25) is 0 Å². The zero-order valence-corrected chi connectivity index (χ0v) is 10.5. The first-order chi connectivity index (χ1) is 8.19. The fourth-order valence-electron chi connectivity index (χ4n) is 4.27. The standard InChI is InChI=1S/C14H23NO2/c16-13(17)11-4-3-7-15(10-11)12-8-14(9-12)5-1-2-6-14/h11-12H,1-10H2,(H,16,17). The number of rotatable bonds is 2. The number of nitrogens with zero attached hydrogens (tertiary/aromatic N) is 1. The smallest absolute Gasteiger partial charge is 0.307 e. The van der Waals surface area contributed by atoms with Gasteiger partial charge in [-0.25, -0.2) is 0 Å². The number of hydrogen-bond donors (Lipinski definition) is 1. The van der Waals surface area contributed by atoms with Crippen LogP contribution in [-0.2, 0) is 4.79 Å². The number of hydrogen-bond acceptors (Lipinski definition) is 2. The molecule has 96 valence electrons. The molecule has 3 heteroatoms. The molecule has 0 radical (unpaired) electrons. The second-order valence-corrected chi connectivity index (χ2v) is 6.44. The third-order valence-corrected chi connectivity index (χ3v) is 5.32. The molecule has 2 aliphatic carbocycles. The Labute approximate surface area is 103 Å². The Bertz CT molecular complexity index is 301. The molecule has 0 bridgehead atoms. The van der Waals surface area contributed by atoms with Gasteiger partial charge in [-0.1, -0.05) is 12.8 Å². The lowest BCUT2D eigenvalue weighted by Gasteiger charge is -2.52. The average Bonchev–Trinajstić information content (AvgIpc) is 2.76. The molecule has 3 nitrogen and oxygen atoms in total. The van der Waals surface area contributed by atoms with E-state index >= 15 is 0 Å². The molecule has 0 aromatic carbocycles. The van der Waals surface area contributed by atoms with Crippen molar-refractivity contribution in [3.63, 3.8) is 0 Å². The number of carbonyl (C=O) groups is 1. The first-order valence-electron chi connectivity index (χ1n) is 7.15. The quantitative estimate of drug-likeness (QED) is 0.802. The molecular weight excluding hydrogens is 214 g/mol. The first kappa shape index (κ1) is 11.5. The Morgan fingerprint density at radius 1 is 1.18 bits per heavy atom. The molecule has 1 saturated heterocycles. The van der Waals surface area contributed by atoms with Gasteiger partial charge in [-0.3, -0.25) is 9.69 Å². The topological polar surface area (TPSA) is 40.5 Å². The van der Waals surface area contributed by atoms with E-state index in [2.05, 4.69) is 4.90 Å². The molecule has 2 saturated carbocycles. The summed E-state index contributed by atoms with van der Waals surface area (Å²) >= 11 is 0. The molecule has 3 fully saturated rings. The van der Waals surface area contributed by atoms with Crippen molar-refractivity contribution in [2.45, 2.75) is 57.4 Å². The highest BCUT2D eigenvalue weighted by molar-refractivity contribution is 5.70. The van der Waals surface area contributed by atoms with Gasteiger partial charge in [0.15, 0.2) is 0 Å². The normalized spacial score (nSPS) is 33.8. The van der Waals surface area contributed by atoms with Gasteiger partial charge in [-0.2, -0.15) is 0 Å². The van der Waals surface area contributed by atoms with Crippen molar-refractivity contribution in [3.8, 4) is 0 Å². The summed E-state index contributed by atoms with van der Waals surface area (Å²) in [6.45, 7) is 1.93. The number of likely N-dealkylation sites (tertiary alicyclic amines) is 1. The summed E-state index contributed by atoms with van der Waals surface area (Å²) in [5, 5.41) is 9.11. The predicted molar refractivity (Wildman–Crippen MR) is 65.9 cm³/mol. The van der Waals surface area contributed by atoms with Crippen LogP contribution in [0.25, 0.3) is 0 Å². The Morgan fingerprint density at radius 2 is 1.88 bits per heavy atom. The minimum atomic E-state index is -0.593. The molecule has 17 heavy (non-hydrogen) atoms. The molecule has 1 unspecified atom stereocenters. The maximum Gasteiger partial charge on any atom is 0.307 e. The summed E-state index contributed by atoms with van der Waals surface area (Å²) in [5.41, 5.74) is 0.681. The SMILES string of the molecule is O=C(O)C1CCCN(C2CC3(CCCC3)C2)C1. The predicted octanol–water partition coefficient (Wildman–Crippen LogP) is 2.51. The summed E-state index contributed by atoms with van der Waals surface area (Å²) < 4.78 is 0. The largest absolute Gasteiger partial charge is 0.481 e. The van der Waals surface area contributed by atoms with Crippen LogP contribution in [0.3, 0.4) is 0 Å². The van der Waals surface area contributed by atoms with E-state index in [0.29, 0.717) is 11.5 Å². The van der Waals surface area contributed by atoms with Crippen LogP contribution < -0.4 is 0 Å². The first-order valence-corrected chi connectivity index (χ1v) is 7.15. The van der Waals surface area contributed by atoms with E-state index < -0.39 is 5.97 Å². The second-order valence-electron chi connectivity index (χ2n) is 6.44. The van der Waals surface area contributed by atoms with Gasteiger partial charge >= 0.3 is 5.97 Å². The van der Waals surface area contributed by atoms with Crippen molar-refractivity contribution in [2.75, 3.05) is 13.1 Å². The molecular formula is C14H23NO2. The Kier molecular flexibility index (Phi) is 2.89. The number of aliphatic carboxylic acids is 1. The van der Waals surface area contributed by atoms with Gasteiger partial charge in [-0.15, -0.1) is 0 Å². The number of piperidine rings is 1. The van der Waals surface area contributed by atoms with Crippen molar-refractivity contribution in [3.05, 3.63) is 0 Å². The van der Waals surface area contributed by atoms with Gasteiger partial charge in [0.05, 0.1) is 5.92 Å². The third kappa shape index (κ3) is 2.10. The fraction of sp³-hybridized carbons (Fsp3) is 0.929. The van der Waals surface area contributed by atoms with Crippen LogP contribution in [0.15, 0.2) is 0 Å². The minimum Gasteiger partial charge on any atom is -0.481 e. The third-order valence-electron chi connectivity index (χ3n) is 5.32. The molecule has 0 amide bonds. The van der Waals surface area contributed by atoms with E-state index in [9.17, 15) is 4.79 Å². The van der Waals surface area contributed by atoms with Crippen LogP contribution >= 0.6 is 0 Å². The van der Waals surface area contributed by atoms with Crippen molar-refractivity contribution in [1.29, 1.82) is 0 Å². The monoisotopic (exact) mass is 237 g/mol. The maximum atomic E-state index is 11.1. The van der Waals surface area contributed by atoms with Gasteiger partial charge in [0, 0.05) is 12.6 Å². The van der Waals surface area contributed by atoms with E-state index in [1.54, 1.807) is 0 Å². The molecule has 1 spiro atoms. The Morgan fingerprint density at radius 3 is 2.53 bits per heavy atom. The molecule has 0 aromatic rings. The minimum absolute atomic E-state index is 0.108. The number of carboxylic acids is 1. The highest BCUT2D eigenvalue weighted by Crippen LogP contribution is 2.54. The van der Waals surface area contributed by atoms with Crippen molar-refractivity contribution >= 4 is 5.97 Å². The fourth-order valence-corrected chi connectivity index (χ4v) is 4.27. The Hall–Kier alpha value is -0.570. The van der Waals surface area contributed by atoms with Crippen LogP contribution in [-0.4, -0.2) is 35.1 Å². The van der Waals surface area contributed by atoms with Crippen molar-refractivity contribution < 1.29 is 9.90 Å². The summed E-state index contributed by atoms with van der Waals surface area (Å²) in [6.07, 6.45) is 10.3. The second kappa shape index (κ2) is 4.27. The maximum absolute atomic E-state index is 11.1. The highest BCUT2D eigenvalue weighted by atomic mass is 16.4. The lowest BCUT2D eigenvalue weighted by atomic mass is 9.63. The van der Waals surface area contributed by atoms with E-state index in [1.807, 2.05) is 0 Å². The lowest BCUT2D eigenvalue weighted by molar-refractivity contribution is -0.144. The van der Waals surface area contributed by atoms with Gasteiger partial charge in [-0.05, 0) is 50.5 Å². The van der Waals surface area contributed by atoms with Gasteiger partial charge in [0.1, 0.15) is 0 Å². The van der Waals surface area contributed by atoms with Crippen molar-refractivity contribution in [1.82, 2.24) is 4.90 Å². The number of carboxylic acid groups (broad SMARTS) is 1. The molecule has 3 rings (SSSR count). The molecule has 1 aliphatic heterocycles. The zero-order chi connectivity index (χ0) is 11.9. The van der Waals surface area contributed by atoms with Crippen molar-refractivity contribution in [2.24, 2.45) is 11.3 Å². The van der Waals surface area contributed by atoms with E-state index in [-0.39, 0.29) is 5.92 Å². The van der Waals surface area contributed by atoms with Crippen LogP contribution in [0.1, 0.15) is 51.4 Å². The van der Waals surface area contributed by atoms with Crippen LogP contribution in [0, 0.1) is 11.3 Å². The lowest BCUT2D eigenvalue weighted by Crippen LogP contribution is -2.53. The summed E-state index contributed by atoms with van der Waals surface area (Å²) in [4.78, 5) is 13.5. The molecule has 3 aliphatic rings. The summed E-state index contributed by atoms with van der Waals surface area (Å²) in [6, 6.07) is 0.704. The Balaban J connectivity index is 1.54. The average molecular weight is 237 g/mol. The van der Waals surface area contributed by atoms with E-state index in [0.717, 1.165) is 25.9 Å². The van der Waals surface area contributed by atoms with Crippen LogP contribution in [0.5, 0.6) is 0 Å². The molecule has 1 atom stereocenters. The van der Waals surface area contributed by atoms with Gasteiger partial charge in [0.2, 0.25) is 0 Å². The summed E-state index contributed by atoms with van der Waals surface area (Å²) in [5.74, 6) is -0.700. The van der Waals surface area contributed by atoms with E-state index in [1.165, 1.54) is 38.5 Å². The van der Waals surface area contributed by atoms with Crippen LogP contribution in [0.4, 0.5) is 0 Å². The highest BCUT2D eigenvalue weighted by Gasteiger charge is 2.48. The molecule has 1 heterocycles.